The fraction of sp³-hybridized carbons (Fsp3) is 0.286. The van der Waals surface area contributed by atoms with Crippen molar-refractivity contribution in [2.24, 2.45) is 5.92 Å². The van der Waals surface area contributed by atoms with Gasteiger partial charge in [-0.05, 0) is 43.2 Å². The van der Waals surface area contributed by atoms with Gasteiger partial charge in [-0.25, -0.2) is 0 Å². The van der Waals surface area contributed by atoms with Gasteiger partial charge in [-0.3, -0.25) is 14.4 Å². The number of ether oxygens (including phenoxy) is 1. The maximum Gasteiger partial charge on any atom is 0.311 e. The summed E-state index contributed by atoms with van der Waals surface area (Å²) in [4.78, 5) is 38.5. The molecule has 0 aliphatic carbocycles. The second-order valence-corrected chi connectivity index (χ2v) is 7.65. The molecule has 1 fully saturated rings. The van der Waals surface area contributed by atoms with Crippen LogP contribution < -0.4 is 4.90 Å². The van der Waals surface area contributed by atoms with E-state index in [-0.39, 0.29) is 31.3 Å². The van der Waals surface area contributed by atoms with Crippen LogP contribution in [0.5, 0.6) is 0 Å². The van der Waals surface area contributed by atoms with E-state index in [4.69, 9.17) is 4.74 Å². The number of carbonyl (C=O) groups excluding carboxylic acids is 3. The molecule has 0 bridgehead atoms. The number of carbonyl (C=O) groups is 3. The van der Waals surface area contributed by atoms with E-state index < -0.39 is 11.9 Å². The highest BCUT2D eigenvalue weighted by atomic mass is 79.9. The number of benzene rings is 2. The Labute approximate surface area is 166 Å². The van der Waals surface area contributed by atoms with E-state index in [1.165, 1.54) is 0 Å². The predicted octanol–water partition coefficient (Wildman–Crippen LogP) is 3.84. The molecule has 5 nitrogen and oxygen atoms in total. The fourth-order valence-electron chi connectivity index (χ4n) is 3.08. The van der Waals surface area contributed by atoms with Crippen LogP contribution in [0.3, 0.4) is 0 Å². The molecule has 0 aromatic heterocycles. The van der Waals surface area contributed by atoms with Gasteiger partial charge in [0.1, 0.15) is 0 Å². The van der Waals surface area contributed by atoms with Gasteiger partial charge in [-0.2, -0.15) is 0 Å². The Kier molecular flexibility index (Phi) is 5.75. The lowest BCUT2D eigenvalue weighted by molar-refractivity contribution is -0.147. The van der Waals surface area contributed by atoms with Gasteiger partial charge in [0.2, 0.25) is 5.91 Å². The first-order valence-corrected chi connectivity index (χ1v) is 9.47. The summed E-state index contributed by atoms with van der Waals surface area (Å²) in [5, 5.41) is 0. The van der Waals surface area contributed by atoms with Gasteiger partial charge in [0.15, 0.2) is 12.4 Å². The quantitative estimate of drug-likeness (QED) is 0.534. The van der Waals surface area contributed by atoms with Crippen LogP contribution in [0, 0.1) is 19.8 Å². The molecule has 1 aliphatic heterocycles. The monoisotopic (exact) mass is 429 g/mol. The number of amides is 1. The number of ketones is 1. The smallest absolute Gasteiger partial charge is 0.311 e. The molecule has 0 radical (unpaired) electrons. The Hall–Kier alpha value is -2.47. The Morgan fingerprint density at radius 3 is 2.56 bits per heavy atom. The molecule has 1 amide bonds. The SMILES string of the molecule is Cc1ccc(C)c(N2CC(C(=O)OCC(=O)c3ccc(Br)cc3)CC2=O)c1. The number of Topliss-reactive ketones (excluding diaryl/α,β-unsaturated/α-hetero) is 1. The maximum atomic E-state index is 12.4. The molecule has 3 rings (SSSR count). The van der Waals surface area contributed by atoms with E-state index in [1.54, 1.807) is 29.2 Å². The number of rotatable bonds is 5. The molecule has 140 valence electrons. The number of aryl methyl sites for hydroxylation is 2. The van der Waals surface area contributed by atoms with Gasteiger partial charge < -0.3 is 9.64 Å². The summed E-state index contributed by atoms with van der Waals surface area (Å²) in [6.45, 7) is 3.84. The average Bonchev–Trinajstić information content (AvgIpc) is 3.03. The molecule has 1 aliphatic rings. The predicted molar refractivity (Wildman–Crippen MR) is 106 cm³/mol. The van der Waals surface area contributed by atoms with Crippen LogP contribution in [0.15, 0.2) is 46.9 Å². The van der Waals surface area contributed by atoms with Crippen molar-refractivity contribution < 1.29 is 19.1 Å². The van der Waals surface area contributed by atoms with Gasteiger partial charge in [0.25, 0.3) is 0 Å². The van der Waals surface area contributed by atoms with E-state index in [0.29, 0.717) is 5.56 Å². The van der Waals surface area contributed by atoms with Crippen molar-refractivity contribution in [2.45, 2.75) is 20.3 Å². The Bertz CT molecular complexity index is 892. The molecule has 1 saturated heterocycles. The molecule has 1 unspecified atom stereocenters. The standard InChI is InChI=1S/C21H20BrNO4/c1-13-3-4-14(2)18(9-13)23-11-16(10-20(23)25)21(26)27-12-19(24)15-5-7-17(22)8-6-15/h3-9,16H,10-12H2,1-2H3. The van der Waals surface area contributed by atoms with E-state index >= 15 is 0 Å². The normalized spacial score (nSPS) is 16.5. The van der Waals surface area contributed by atoms with Crippen LogP contribution in [0.25, 0.3) is 0 Å². The zero-order valence-corrected chi connectivity index (χ0v) is 16.8. The molecule has 0 spiro atoms. The molecule has 2 aromatic rings. The minimum atomic E-state index is -0.560. The maximum absolute atomic E-state index is 12.4. The zero-order chi connectivity index (χ0) is 19.6. The van der Waals surface area contributed by atoms with Crippen molar-refractivity contribution >= 4 is 39.3 Å². The van der Waals surface area contributed by atoms with Crippen LogP contribution in [-0.4, -0.2) is 30.8 Å². The number of halogens is 1. The minimum absolute atomic E-state index is 0.0959. The molecular weight excluding hydrogens is 410 g/mol. The number of nitrogens with zero attached hydrogens (tertiary/aromatic N) is 1. The van der Waals surface area contributed by atoms with Gasteiger partial charge in [-0.1, -0.05) is 40.2 Å². The molecule has 0 N–H and O–H groups in total. The number of hydrogen-bond acceptors (Lipinski definition) is 4. The summed E-state index contributed by atoms with van der Waals surface area (Å²) in [6, 6.07) is 12.7. The van der Waals surface area contributed by atoms with Crippen molar-refractivity contribution in [3.63, 3.8) is 0 Å². The van der Waals surface area contributed by atoms with Crippen LogP contribution in [0.2, 0.25) is 0 Å². The second kappa shape index (κ2) is 8.05. The van der Waals surface area contributed by atoms with Crippen molar-refractivity contribution in [1.29, 1.82) is 0 Å². The average molecular weight is 430 g/mol. The van der Waals surface area contributed by atoms with Crippen LogP contribution in [-0.2, 0) is 14.3 Å². The molecular formula is C21H20BrNO4. The first kappa shape index (κ1) is 19.3. The summed E-state index contributed by atoms with van der Waals surface area (Å²) in [5.74, 6) is -1.45. The molecule has 2 aromatic carbocycles. The van der Waals surface area contributed by atoms with Gasteiger partial charge >= 0.3 is 5.97 Å². The number of anilines is 1. The van der Waals surface area contributed by atoms with Crippen molar-refractivity contribution in [3.05, 3.63) is 63.6 Å². The van der Waals surface area contributed by atoms with E-state index in [1.807, 2.05) is 32.0 Å². The van der Waals surface area contributed by atoms with Crippen molar-refractivity contribution in [1.82, 2.24) is 0 Å². The van der Waals surface area contributed by atoms with Gasteiger partial charge in [0.05, 0.1) is 5.92 Å². The number of hydrogen-bond donors (Lipinski definition) is 0. The Balaban J connectivity index is 1.61. The zero-order valence-electron chi connectivity index (χ0n) is 15.2. The largest absolute Gasteiger partial charge is 0.457 e. The first-order valence-electron chi connectivity index (χ1n) is 8.68. The summed E-state index contributed by atoms with van der Waals surface area (Å²) in [7, 11) is 0. The molecule has 0 saturated carbocycles. The van der Waals surface area contributed by atoms with Crippen molar-refractivity contribution in [2.75, 3.05) is 18.1 Å². The van der Waals surface area contributed by atoms with Gasteiger partial charge in [0, 0.05) is 28.7 Å². The molecule has 6 heteroatoms. The van der Waals surface area contributed by atoms with E-state index in [9.17, 15) is 14.4 Å². The second-order valence-electron chi connectivity index (χ2n) is 6.73. The third-order valence-electron chi connectivity index (χ3n) is 4.63. The topological polar surface area (TPSA) is 63.7 Å². The lowest BCUT2D eigenvalue weighted by Gasteiger charge is -2.19. The Morgan fingerprint density at radius 2 is 1.85 bits per heavy atom. The number of esters is 1. The highest BCUT2D eigenvalue weighted by Crippen LogP contribution is 2.29. The van der Waals surface area contributed by atoms with Crippen molar-refractivity contribution in [3.8, 4) is 0 Å². The van der Waals surface area contributed by atoms with E-state index in [0.717, 1.165) is 21.3 Å². The molecule has 27 heavy (non-hydrogen) atoms. The van der Waals surface area contributed by atoms with Crippen LogP contribution in [0.1, 0.15) is 27.9 Å². The third kappa shape index (κ3) is 4.45. The lowest BCUT2D eigenvalue weighted by Crippen LogP contribution is -2.27. The lowest BCUT2D eigenvalue weighted by atomic mass is 10.1. The summed E-state index contributed by atoms with van der Waals surface area (Å²) < 4.78 is 6.05. The third-order valence-corrected chi connectivity index (χ3v) is 5.15. The van der Waals surface area contributed by atoms with Gasteiger partial charge in [-0.15, -0.1) is 0 Å². The summed E-state index contributed by atoms with van der Waals surface area (Å²) >= 11 is 3.31. The highest BCUT2D eigenvalue weighted by molar-refractivity contribution is 9.10. The fourth-order valence-corrected chi connectivity index (χ4v) is 3.35. The van der Waals surface area contributed by atoms with Crippen LogP contribution >= 0.6 is 15.9 Å². The Morgan fingerprint density at radius 1 is 1.15 bits per heavy atom. The van der Waals surface area contributed by atoms with E-state index in [2.05, 4.69) is 15.9 Å². The summed E-state index contributed by atoms with van der Waals surface area (Å²) in [5.41, 5.74) is 3.33. The molecule has 1 atom stereocenters. The summed E-state index contributed by atoms with van der Waals surface area (Å²) in [6.07, 6.45) is 0.0959. The highest BCUT2D eigenvalue weighted by Gasteiger charge is 2.36. The first-order chi connectivity index (χ1) is 12.8. The molecule has 1 heterocycles. The van der Waals surface area contributed by atoms with Crippen LogP contribution in [0.4, 0.5) is 5.69 Å². The minimum Gasteiger partial charge on any atom is -0.457 e.